The van der Waals surface area contributed by atoms with Crippen LogP contribution in [0.4, 0.5) is 11.4 Å². The number of hydrogen-bond donors (Lipinski definition) is 0. The van der Waals surface area contributed by atoms with E-state index in [1.807, 2.05) is 0 Å². The third kappa shape index (κ3) is 3.05. The number of benzene rings is 1. The Kier molecular flexibility index (Phi) is 4.16. The van der Waals surface area contributed by atoms with Crippen molar-refractivity contribution in [1.29, 1.82) is 0 Å². The number of hydrogen-bond acceptors (Lipinski definition) is 7. The SMILES string of the molecule is CC1CCCN(c2ccc(-c3nc(-c4ccco4)no3)cc2[N+](=O)[O-])C1. The molecule has 0 aliphatic carbocycles. The van der Waals surface area contributed by atoms with Crippen LogP contribution in [0.15, 0.2) is 45.5 Å². The van der Waals surface area contributed by atoms with Gasteiger partial charge >= 0.3 is 0 Å². The lowest BCUT2D eigenvalue weighted by Crippen LogP contribution is -2.34. The van der Waals surface area contributed by atoms with Gasteiger partial charge in [0.2, 0.25) is 5.82 Å². The third-order valence-corrected chi connectivity index (χ3v) is 4.58. The van der Waals surface area contributed by atoms with Gasteiger partial charge in [-0.1, -0.05) is 12.1 Å². The maximum Gasteiger partial charge on any atom is 0.293 e. The van der Waals surface area contributed by atoms with Crippen LogP contribution in [0.2, 0.25) is 0 Å². The van der Waals surface area contributed by atoms with Gasteiger partial charge in [0.15, 0.2) is 5.76 Å². The van der Waals surface area contributed by atoms with E-state index >= 15 is 0 Å². The van der Waals surface area contributed by atoms with Crippen LogP contribution < -0.4 is 4.90 Å². The van der Waals surface area contributed by atoms with Crippen molar-refractivity contribution in [3.05, 3.63) is 46.7 Å². The molecule has 0 amide bonds. The van der Waals surface area contributed by atoms with Gasteiger partial charge in [0, 0.05) is 24.7 Å². The normalized spacial score (nSPS) is 17.4. The fraction of sp³-hybridized carbons (Fsp3) is 0.333. The van der Waals surface area contributed by atoms with Crippen LogP contribution in [-0.4, -0.2) is 28.2 Å². The summed E-state index contributed by atoms with van der Waals surface area (Å²) in [5.74, 6) is 1.53. The minimum atomic E-state index is -0.359. The largest absolute Gasteiger partial charge is 0.461 e. The second-order valence-electron chi connectivity index (χ2n) is 6.55. The van der Waals surface area contributed by atoms with Gasteiger partial charge < -0.3 is 13.8 Å². The minimum Gasteiger partial charge on any atom is -0.461 e. The summed E-state index contributed by atoms with van der Waals surface area (Å²) in [4.78, 5) is 17.6. The molecule has 0 N–H and O–H groups in total. The van der Waals surface area contributed by atoms with Gasteiger partial charge in [0.1, 0.15) is 5.69 Å². The summed E-state index contributed by atoms with van der Waals surface area (Å²) in [5, 5.41) is 15.5. The molecule has 8 nitrogen and oxygen atoms in total. The second-order valence-corrected chi connectivity index (χ2v) is 6.55. The number of rotatable bonds is 4. The molecule has 8 heteroatoms. The van der Waals surface area contributed by atoms with E-state index in [9.17, 15) is 10.1 Å². The summed E-state index contributed by atoms with van der Waals surface area (Å²) in [5.41, 5.74) is 1.20. The zero-order valence-corrected chi connectivity index (χ0v) is 14.3. The lowest BCUT2D eigenvalue weighted by Gasteiger charge is -2.32. The van der Waals surface area contributed by atoms with Crippen molar-refractivity contribution in [2.75, 3.05) is 18.0 Å². The number of nitro benzene ring substituents is 1. The molecular formula is C18H18N4O4. The van der Waals surface area contributed by atoms with Crippen LogP contribution in [0.1, 0.15) is 19.8 Å². The number of anilines is 1. The van der Waals surface area contributed by atoms with E-state index in [-0.39, 0.29) is 16.5 Å². The Hall–Kier alpha value is -3.16. The number of piperidine rings is 1. The molecule has 0 spiro atoms. The first kappa shape index (κ1) is 16.3. The molecule has 26 heavy (non-hydrogen) atoms. The Labute approximate surface area is 149 Å². The zero-order chi connectivity index (χ0) is 18.1. The van der Waals surface area contributed by atoms with E-state index in [0.717, 1.165) is 25.9 Å². The quantitative estimate of drug-likeness (QED) is 0.513. The first-order valence-corrected chi connectivity index (χ1v) is 8.53. The van der Waals surface area contributed by atoms with Gasteiger partial charge in [-0.25, -0.2) is 0 Å². The molecule has 1 atom stereocenters. The summed E-state index contributed by atoms with van der Waals surface area (Å²) in [6.45, 7) is 3.82. The smallest absolute Gasteiger partial charge is 0.293 e. The molecular weight excluding hydrogens is 336 g/mol. The Morgan fingerprint density at radius 2 is 2.23 bits per heavy atom. The molecule has 1 fully saturated rings. The maximum atomic E-state index is 11.6. The molecule has 1 saturated heterocycles. The van der Waals surface area contributed by atoms with Crippen LogP contribution >= 0.6 is 0 Å². The van der Waals surface area contributed by atoms with Gasteiger partial charge in [0.25, 0.3) is 11.6 Å². The maximum absolute atomic E-state index is 11.6. The molecule has 134 valence electrons. The van der Waals surface area contributed by atoms with Gasteiger partial charge in [-0.15, -0.1) is 0 Å². The number of furan rings is 1. The molecule has 1 aromatic carbocycles. The van der Waals surface area contributed by atoms with Crippen molar-refractivity contribution in [1.82, 2.24) is 10.1 Å². The lowest BCUT2D eigenvalue weighted by molar-refractivity contribution is -0.384. The standard InChI is InChI=1S/C18H18N4O4/c1-12-4-2-8-21(11-12)14-7-6-13(10-15(14)22(23)24)18-19-17(20-26-18)16-5-3-9-25-16/h3,5-7,9-10,12H,2,4,8,11H2,1H3. The fourth-order valence-corrected chi connectivity index (χ4v) is 3.32. The molecule has 4 rings (SSSR count). The first-order valence-electron chi connectivity index (χ1n) is 8.53. The van der Waals surface area contributed by atoms with Crippen LogP contribution in [0, 0.1) is 16.0 Å². The summed E-state index contributed by atoms with van der Waals surface area (Å²) in [6.07, 6.45) is 3.71. The highest BCUT2D eigenvalue weighted by molar-refractivity contribution is 5.71. The molecule has 0 bridgehead atoms. The Bertz CT molecular complexity index is 919. The van der Waals surface area contributed by atoms with Gasteiger partial charge in [-0.3, -0.25) is 10.1 Å². The molecule has 1 aliphatic heterocycles. The molecule has 0 saturated carbocycles. The second kappa shape index (κ2) is 6.62. The Morgan fingerprint density at radius 1 is 1.35 bits per heavy atom. The molecule has 3 heterocycles. The number of aromatic nitrogens is 2. The van der Waals surface area contributed by atoms with Crippen molar-refractivity contribution < 1.29 is 13.9 Å². The molecule has 2 aromatic heterocycles. The third-order valence-electron chi connectivity index (χ3n) is 4.58. The minimum absolute atomic E-state index is 0.0503. The summed E-state index contributed by atoms with van der Waals surface area (Å²) in [6, 6.07) is 8.49. The van der Waals surface area contributed by atoms with Crippen molar-refractivity contribution in [2.45, 2.75) is 19.8 Å². The average molecular weight is 354 g/mol. The van der Waals surface area contributed by atoms with Gasteiger partial charge in [0.05, 0.1) is 11.2 Å². The predicted molar refractivity (Wildman–Crippen MR) is 94.7 cm³/mol. The topological polar surface area (TPSA) is 98.4 Å². The van der Waals surface area contributed by atoms with Crippen molar-refractivity contribution in [2.24, 2.45) is 5.92 Å². The number of nitro groups is 1. The predicted octanol–water partition coefficient (Wildman–Crippen LogP) is 4.14. The van der Waals surface area contributed by atoms with Crippen LogP contribution in [0.3, 0.4) is 0 Å². The molecule has 1 aliphatic rings. The highest BCUT2D eigenvalue weighted by Crippen LogP contribution is 2.35. The number of nitrogens with zero attached hydrogens (tertiary/aromatic N) is 4. The van der Waals surface area contributed by atoms with Gasteiger partial charge in [-0.2, -0.15) is 4.98 Å². The Morgan fingerprint density at radius 3 is 2.96 bits per heavy atom. The Balaban J connectivity index is 1.68. The monoisotopic (exact) mass is 354 g/mol. The van der Waals surface area contributed by atoms with Crippen LogP contribution in [0.25, 0.3) is 23.0 Å². The molecule has 1 unspecified atom stereocenters. The molecule has 3 aromatic rings. The van der Waals surface area contributed by atoms with Crippen LogP contribution in [-0.2, 0) is 0 Å². The van der Waals surface area contributed by atoms with Crippen molar-refractivity contribution in [3.63, 3.8) is 0 Å². The highest BCUT2D eigenvalue weighted by atomic mass is 16.6. The van der Waals surface area contributed by atoms with E-state index < -0.39 is 0 Å². The van der Waals surface area contributed by atoms with Gasteiger partial charge in [-0.05, 0) is 43.0 Å². The van der Waals surface area contributed by atoms with E-state index in [4.69, 9.17) is 8.94 Å². The first-order chi connectivity index (χ1) is 12.6. The van der Waals surface area contributed by atoms with Crippen molar-refractivity contribution >= 4 is 11.4 Å². The van der Waals surface area contributed by atoms with E-state index in [2.05, 4.69) is 22.0 Å². The summed E-state index contributed by atoms with van der Waals surface area (Å²) >= 11 is 0. The highest BCUT2D eigenvalue weighted by Gasteiger charge is 2.25. The zero-order valence-electron chi connectivity index (χ0n) is 14.3. The average Bonchev–Trinajstić information content (AvgIpc) is 3.32. The molecule has 0 radical (unpaired) electrons. The summed E-state index contributed by atoms with van der Waals surface area (Å²) < 4.78 is 10.5. The van der Waals surface area contributed by atoms with E-state index in [1.165, 1.54) is 12.3 Å². The van der Waals surface area contributed by atoms with Crippen LogP contribution in [0.5, 0.6) is 0 Å². The van der Waals surface area contributed by atoms with E-state index in [1.54, 1.807) is 24.3 Å². The summed E-state index contributed by atoms with van der Waals surface area (Å²) in [7, 11) is 0. The fourth-order valence-electron chi connectivity index (χ4n) is 3.32. The van der Waals surface area contributed by atoms with Crippen molar-refractivity contribution in [3.8, 4) is 23.0 Å². The van der Waals surface area contributed by atoms with E-state index in [0.29, 0.717) is 28.8 Å². The lowest BCUT2D eigenvalue weighted by atomic mass is 9.99.